The van der Waals surface area contributed by atoms with Gasteiger partial charge < -0.3 is 10.2 Å². The van der Waals surface area contributed by atoms with Gasteiger partial charge in [0.2, 0.25) is 21.8 Å². The highest BCUT2D eigenvalue weighted by Crippen LogP contribution is 2.25. The smallest absolute Gasteiger partial charge is 0.244 e. The first-order valence-corrected chi connectivity index (χ1v) is 12.8. The Morgan fingerprint density at radius 2 is 1.79 bits per heavy atom. The Labute approximate surface area is 199 Å². The second-order valence-corrected chi connectivity index (χ2v) is 9.90. The Bertz CT molecular complexity index is 1070. The molecule has 7 nitrogen and oxygen atoms in total. The first-order chi connectivity index (χ1) is 15.6. The second-order valence-electron chi connectivity index (χ2n) is 7.59. The van der Waals surface area contributed by atoms with Crippen LogP contribution in [0, 0.1) is 5.82 Å². The van der Waals surface area contributed by atoms with Crippen molar-refractivity contribution in [2.24, 2.45) is 0 Å². The van der Waals surface area contributed by atoms with Crippen LogP contribution in [0.2, 0.25) is 5.02 Å². The van der Waals surface area contributed by atoms with Crippen molar-refractivity contribution in [2.45, 2.75) is 39.3 Å². The van der Waals surface area contributed by atoms with Crippen LogP contribution in [-0.4, -0.2) is 50.5 Å². The quantitative estimate of drug-likeness (QED) is 0.514. The van der Waals surface area contributed by atoms with Crippen LogP contribution in [0.1, 0.15) is 32.3 Å². The summed E-state index contributed by atoms with van der Waals surface area (Å²) in [6, 6.07) is 11.8. The Morgan fingerprint density at radius 3 is 2.33 bits per heavy atom. The van der Waals surface area contributed by atoms with E-state index in [1.54, 1.807) is 6.92 Å². The topological polar surface area (TPSA) is 86.8 Å². The van der Waals surface area contributed by atoms with E-state index in [9.17, 15) is 22.4 Å². The molecular weight excluding hydrogens is 469 g/mol. The lowest BCUT2D eigenvalue weighted by Gasteiger charge is -2.33. The Morgan fingerprint density at radius 1 is 1.12 bits per heavy atom. The average molecular weight is 498 g/mol. The lowest BCUT2D eigenvalue weighted by molar-refractivity contribution is -0.140. The molecule has 0 saturated heterocycles. The fraction of sp³-hybridized carbons (Fsp3) is 0.391. The van der Waals surface area contributed by atoms with Gasteiger partial charge in [-0.15, -0.1) is 0 Å². The maximum Gasteiger partial charge on any atom is 0.244 e. The number of hydrogen-bond donors (Lipinski definition) is 1. The summed E-state index contributed by atoms with van der Waals surface area (Å²) in [5, 5.41) is 2.55. The van der Waals surface area contributed by atoms with Crippen LogP contribution < -0.4 is 9.62 Å². The standard InChI is InChI=1S/C23H29ClFN3O4S/c1-4-13-26-23(30)21(5-2)27(15-17-9-7-6-8-10-17)22(29)16-28(33(3,31)32)18-11-12-20(25)19(24)14-18/h6-12,14,21H,4-5,13,15-16H2,1-3H3,(H,26,30)/t21-/m0/s1. The van der Waals surface area contributed by atoms with Gasteiger partial charge in [0, 0.05) is 13.1 Å². The van der Waals surface area contributed by atoms with E-state index in [-0.39, 0.29) is 23.2 Å². The van der Waals surface area contributed by atoms with Gasteiger partial charge in [0.05, 0.1) is 17.0 Å². The number of carbonyl (C=O) groups is 2. The van der Waals surface area contributed by atoms with Crippen LogP contribution in [0.4, 0.5) is 10.1 Å². The number of amides is 2. The summed E-state index contributed by atoms with van der Waals surface area (Å²) in [5.41, 5.74) is 0.851. The van der Waals surface area contributed by atoms with Crippen LogP contribution in [0.15, 0.2) is 48.5 Å². The molecule has 0 aliphatic rings. The van der Waals surface area contributed by atoms with Crippen LogP contribution in [0.25, 0.3) is 0 Å². The highest BCUT2D eigenvalue weighted by molar-refractivity contribution is 7.92. The van der Waals surface area contributed by atoms with E-state index < -0.39 is 34.3 Å². The highest BCUT2D eigenvalue weighted by atomic mass is 35.5. The monoisotopic (exact) mass is 497 g/mol. The van der Waals surface area contributed by atoms with E-state index >= 15 is 0 Å². The molecule has 0 aromatic heterocycles. The van der Waals surface area contributed by atoms with Gasteiger partial charge in [-0.1, -0.05) is 55.8 Å². The Balaban J connectivity index is 2.41. The zero-order valence-electron chi connectivity index (χ0n) is 18.9. The maximum absolute atomic E-state index is 13.6. The molecule has 0 aliphatic heterocycles. The number of hydrogen-bond acceptors (Lipinski definition) is 4. The summed E-state index contributed by atoms with van der Waals surface area (Å²) in [4.78, 5) is 27.6. The lowest BCUT2D eigenvalue weighted by atomic mass is 10.1. The van der Waals surface area contributed by atoms with Crippen molar-refractivity contribution in [3.63, 3.8) is 0 Å². The number of rotatable bonds is 11. The van der Waals surface area contributed by atoms with Gasteiger partial charge >= 0.3 is 0 Å². The second kappa shape index (κ2) is 12.0. The summed E-state index contributed by atoms with van der Waals surface area (Å²) in [6.45, 7) is 3.73. The SMILES string of the molecule is CCCNC(=O)[C@H](CC)N(Cc1ccccc1)C(=O)CN(c1ccc(F)c(Cl)c1)S(C)(=O)=O. The van der Waals surface area contributed by atoms with Gasteiger partial charge in [-0.25, -0.2) is 12.8 Å². The number of sulfonamides is 1. The van der Waals surface area contributed by atoms with Gasteiger partial charge in [0.25, 0.3) is 0 Å². The molecule has 2 aromatic carbocycles. The third-order valence-electron chi connectivity index (χ3n) is 5.00. The maximum atomic E-state index is 13.6. The van der Waals surface area contributed by atoms with Crippen molar-refractivity contribution in [3.8, 4) is 0 Å². The normalized spacial score (nSPS) is 12.2. The molecule has 180 valence electrons. The van der Waals surface area contributed by atoms with Gasteiger partial charge in [-0.05, 0) is 36.6 Å². The fourth-order valence-electron chi connectivity index (χ4n) is 3.32. The zero-order chi connectivity index (χ0) is 24.6. The van der Waals surface area contributed by atoms with Crippen LogP contribution in [-0.2, 0) is 26.2 Å². The number of nitrogens with one attached hydrogen (secondary N) is 1. The number of benzene rings is 2. The highest BCUT2D eigenvalue weighted by Gasteiger charge is 2.31. The van der Waals surface area contributed by atoms with E-state index in [1.807, 2.05) is 37.3 Å². The van der Waals surface area contributed by atoms with Crippen molar-refractivity contribution >= 4 is 39.1 Å². The van der Waals surface area contributed by atoms with E-state index in [0.717, 1.165) is 34.7 Å². The molecular formula is C23H29ClFN3O4S. The van der Waals surface area contributed by atoms with Gasteiger partial charge in [0.15, 0.2) is 0 Å². The van der Waals surface area contributed by atoms with Crippen molar-refractivity contribution in [1.29, 1.82) is 0 Å². The molecule has 2 amide bonds. The van der Waals surface area contributed by atoms with Crippen molar-refractivity contribution < 1.29 is 22.4 Å². The molecule has 0 aliphatic carbocycles. The molecule has 0 radical (unpaired) electrons. The summed E-state index contributed by atoms with van der Waals surface area (Å²) in [7, 11) is -3.91. The molecule has 0 fully saturated rings. The van der Waals surface area contributed by atoms with Crippen LogP contribution >= 0.6 is 11.6 Å². The number of carbonyl (C=O) groups excluding carboxylic acids is 2. The van der Waals surface area contributed by atoms with E-state index in [4.69, 9.17) is 11.6 Å². The minimum atomic E-state index is -3.91. The van der Waals surface area contributed by atoms with Crippen molar-refractivity contribution in [3.05, 3.63) is 64.9 Å². The predicted octanol–water partition coefficient (Wildman–Crippen LogP) is 3.58. The summed E-state index contributed by atoms with van der Waals surface area (Å²) >= 11 is 5.83. The fourth-order valence-corrected chi connectivity index (χ4v) is 4.34. The first-order valence-electron chi connectivity index (χ1n) is 10.6. The molecule has 2 aromatic rings. The number of anilines is 1. The molecule has 10 heteroatoms. The molecule has 0 heterocycles. The summed E-state index contributed by atoms with van der Waals surface area (Å²) in [5.74, 6) is -1.58. The third-order valence-corrected chi connectivity index (χ3v) is 6.43. The van der Waals surface area contributed by atoms with Crippen LogP contribution in [0.3, 0.4) is 0 Å². The van der Waals surface area contributed by atoms with E-state index in [0.29, 0.717) is 13.0 Å². The van der Waals surface area contributed by atoms with Crippen molar-refractivity contribution in [1.82, 2.24) is 10.2 Å². The Kier molecular flexibility index (Phi) is 9.67. The molecule has 0 spiro atoms. The molecule has 0 bridgehead atoms. The molecule has 1 atom stereocenters. The minimum absolute atomic E-state index is 0.0559. The largest absolute Gasteiger partial charge is 0.354 e. The first kappa shape index (κ1) is 26.6. The molecule has 0 unspecified atom stereocenters. The molecule has 0 saturated carbocycles. The molecule has 33 heavy (non-hydrogen) atoms. The zero-order valence-corrected chi connectivity index (χ0v) is 20.5. The van der Waals surface area contributed by atoms with E-state index in [2.05, 4.69) is 5.32 Å². The van der Waals surface area contributed by atoms with Gasteiger partial charge in [0.1, 0.15) is 18.4 Å². The predicted molar refractivity (Wildman–Crippen MR) is 128 cm³/mol. The summed E-state index contributed by atoms with van der Waals surface area (Å²) < 4.78 is 39.5. The minimum Gasteiger partial charge on any atom is -0.354 e. The number of nitrogens with zero attached hydrogens (tertiary/aromatic N) is 2. The molecule has 2 rings (SSSR count). The van der Waals surface area contributed by atoms with Gasteiger partial charge in [-0.3, -0.25) is 13.9 Å². The molecule has 1 N–H and O–H groups in total. The number of halogens is 2. The van der Waals surface area contributed by atoms with Gasteiger partial charge in [-0.2, -0.15) is 0 Å². The Hall–Kier alpha value is -2.65. The third kappa shape index (κ3) is 7.43. The average Bonchev–Trinajstić information content (AvgIpc) is 2.77. The lowest BCUT2D eigenvalue weighted by Crippen LogP contribution is -2.52. The van der Waals surface area contributed by atoms with Crippen LogP contribution in [0.5, 0.6) is 0 Å². The summed E-state index contributed by atoms with van der Waals surface area (Å²) in [6.07, 6.45) is 2.03. The van der Waals surface area contributed by atoms with E-state index in [1.165, 1.54) is 11.0 Å². The van der Waals surface area contributed by atoms with Crippen molar-refractivity contribution in [2.75, 3.05) is 23.7 Å².